The molecule has 2 aliphatic rings. The van der Waals surface area contributed by atoms with Crippen LogP contribution in [0.3, 0.4) is 0 Å². The smallest absolute Gasteiger partial charge is 0.323 e. The van der Waals surface area contributed by atoms with Gasteiger partial charge in [-0.25, -0.2) is 4.79 Å². The Morgan fingerprint density at radius 2 is 1.68 bits per heavy atom. The third-order valence-electron chi connectivity index (χ3n) is 7.61. The molecule has 8 nitrogen and oxygen atoms in total. The van der Waals surface area contributed by atoms with Crippen molar-refractivity contribution in [3.63, 3.8) is 0 Å². The summed E-state index contributed by atoms with van der Waals surface area (Å²) in [5, 5.41) is 6.07. The van der Waals surface area contributed by atoms with Crippen LogP contribution in [0.1, 0.15) is 50.2 Å². The first-order valence-electron chi connectivity index (χ1n) is 13.2. The molecule has 0 radical (unpaired) electrons. The minimum atomic E-state index is -0.399. The van der Waals surface area contributed by atoms with Crippen LogP contribution in [-0.4, -0.2) is 58.1 Å². The third kappa shape index (κ3) is 6.62. The average Bonchev–Trinajstić information content (AvgIpc) is 2.92. The number of nitrogens with one attached hydrogen (secondary N) is 2. The van der Waals surface area contributed by atoms with E-state index in [1.165, 1.54) is 7.11 Å². The molecule has 0 aliphatic carbocycles. The standard InChI is InChI=1S/C29H39N3O5/c1-4-32(24-11-15-36-16-12-24)26-10-7-22(29(20-27(33)35-3)13-17-37-18-14-29)19-25(26)31-28(34)30-23-8-5-21(2)6-9-23/h5-10,19,24H,4,11-18,20H2,1-3H3,(H2,30,31,34). The molecule has 2 saturated heterocycles. The van der Waals surface area contributed by atoms with Crippen LogP contribution < -0.4 is 15.5 Å². The van der Waals surface area contributed by atoms with Crippen LogP contribution in [0.4, 0.5) is 21.9 Å². The van der Waals surface area contributed by atoms with Gasteiger partial charge in [0, 0.05) is 50.1 Å². The van der Waals surface area contributed by atoms with E-state index in [1.807, 2.05) is 37.3 Å². The van der Waals surface area contributed by atoms with Gasteiger partial charge in [-0.2, -0.15) is 0 Å². The van der Waals surface area contributed by atoms with Crippen molar-refractivity contribution in [1.29, 1.82) is 0 Å². The van der Waals surface area contributed by atoms with Crippen molar-refractivity contribution in [3.8, 4) is 0 Å². The highest BCUT2D eigenvalue weighted by atomic mass is 16.5. The van der Waals surface area contributed by atoms with Gasteiger partial charge in [-0.3, -0.25) is 4.79 Å². The van der Waals surface area contributed by atoms with Gasteiger partial charge < -0.3 is 29.7 Å². The van der Waals surface area contributed by atoms with Crippen molar-refractivity contribution < 1.29 is 23.8 Å². The van der Waals surface area contributed by atoms with Crippen molar-refractivity contribution in [3.05, 3.63) is 53.6 Å². The molecule has 0 atom stereocenters. The summed E-state index contributed by atoms with van der Waals surface area (Å²) in [6.07, 6.45) is 3.59. The van der Waals surface area contributed by atoms with E-state index in [0.717, 1.165) is 60.8 Å². The van der Waals surface area contributed by atoms with Gasteiger partial charge in [0.05, 0.1) is 24.9 Å². The number of rotatable bonds is 8. The fraction of sp³-hybridized carbons (Fsp3) is 0.517. The van der Waals surface area contributed by atoms with Gasteiger partial charge in [-0.15, -0.1) is 0 Å². The maximum Gasteiger partial charge on any atom is 0.323 e. The van der Waals surface area contributed by atoms with Crippen molar-refractivity contribution in [2.45, 2.75) is 57.4 Å². The first kappa shape index (κ1) is 26.9. The van der Waals surface area contributed by atoms with Crippen LogP contribution in [0.2, 0.25) is 0 Å². The zero-order valence-electron chi connectivity index (χ0n) is 22.2. The summed E-state index contributed by atoms with van der Waals surface area (Å²) in [5.74, 6) is -0.241. The van der Waals surface area contributed by atoms with Crippen molar-refractivity contribution in [1.82, 2.24) is 0 Å². The number of carbonyl (C=O) groups excluding carboxylic acids is 2. The second-order valence-electron chi connectivity index (χ2n) is 9.95. The van der Waals surface area contributed by atoms with Crippen molar-refractivity contribution in [2.75, 3.05) is 55.6 Å². The van der Waals surface area contributed by atoms with Crippen LogP contribution in [0.5, 0.6) is 0 Å². The van der Waals surface area contributed by atoms with Crippen molar-refractivity contribution >= 4 is 29.1 Å². The number of anilines is 3. The van der Waals surface area contributed by atoms with Crippen LogP contribution in [-0.2, 0) is 24.4 Å². The number of esters is 1. The average molecular weight is 510 g/mol. The number of ether oxygens (including phenoxy) is 3. The molecule has 2 N–H and O–H groups in total. The Labute approximate surface area is 219 Å². The molecule has 4 rings (SSSR count). The number of amides is 2. The maximum absolute atomic E-state index is 13.1. The molecule has 0 bridgehead atoms. The number of methoxy groups -OCH3 is 1. The summed E-state index contributed by atoms with van der Waals surface area (Å²) in [6.45, 7) is 7.58. The Morgan fingerprint density at radius 3 is 2.32 bits per heavy atom. The second-order valence-corrected chi connectivity index (χ2v) is 9.95. The lowest BCUT2D eigenvalue weighted by atomic mass is 9.71. The summed E-state index contributed by atoms with van der Waals surface area (Å²) in [6, 6.07) is 14.0. The Morgan fingerprint density at radius 1 is 1.00 bits per heavy atom. The lowest BCUT2D eigenvalue weighted by molar-refractivity contribution is -0.143. The normalized spacial score (nSPS) is 17.6. The van der Waals surface area contributed by atoms with Crippen LogP contribution in [0.15, 0.2) is 42.5 Å². The number of nitrogens with zero attached hydrogens (tertiary/aromatic N) is 1. The number of hydrogen-bond acceptors (Lipinski definition) is 6. The highest BCUT2D eigenvalue weighted by Gasteiger charge is 2.38. The Bertz CT molecular complexity index is 1060. The number of hydrogen-bond donors (Lipinski definition) is 2. The zero-order valence-corrected chi connectivity index (χ0v) is 22.2. The van der Waals surface area contributed by atoms with E-state index in [4.69, 9.17) is 14.2 Å². The molecule has 2 aliphatic heterocycles. The summed E-state index contributed by atoms with van der Waals surface area (Å²) >= 11 is 0. The second kappa shape index (κ2) is 12.4. The van der Waals surface area contributed by atoms with Crippen LogP contribution >= 0.6 is 0 Å². The highest BCUT2D eigenvalue weighted by Crippen LogP contribution is 2.42. The molecule has 2 fully saturated rings. The molecule has 2 aromatic rings. The molecule has 8 heteroatoms. The Kier molecular flexibility index (Phi) is 9.05. The number of aryl methyl sites for hydroxylation is 1. The van der Waals surface area contributed by atoms with E-state index in [2.05, 4.69) is 34.6 Å². The molecular formula is C29H39N3O5. The number of benzene rings is 2. The molecular weight excluding hydrogens is 470 g/mol. The van der Waals surface area contributed by atoms with E-state index in [-0.39, 0.29) is 18.4 Å². The maximum atomic E-state index is 13.1. The minimum Gasteiger partial charge on any atom is -0.469 e. The molecule has 0 spiro atoms. The van der Waals surface area contributed by atoms with Crippen molar-refractivity contribution in [2.24, 2.45) is 0 Å². The molecule has 37 heavy (non-hydrogen) atoms. The summed E-state index contributed by atoms with van der Waals surface area (Å²) in [5.41, 5.74) is 4.17. The lowest BCUT2D eigenvalue weighted by Crippen LogP contribution is -2.40. The fourth-order valence-electron chi connectivity index (χ4n) is 5.44. The Balaban J connectivity index is 1.69. The first-order valence-corrected chi connectivity index (χ1v) is 13.2. The van der Waals surface area contributed by atoms with Gasteiger partial charge in [0.2, 0.25) is 0 Å². The van der Waals surface area contributed by atoms with E-state index in [1.54, 1.807) is 0 Å². The van der Waals surface area contributed by atoms with E-state index < -0.39 is 5.41 Å². The minimum absolute atomic E-state index is 0.241. The molecule has 200 valence electrons. The van der Waals surface area contributed by atoms with E-state index >= 15 is 0 Å². The number of urea groups is 1. The van der Waals surface area contributed by atoms with Gasteiger partial charge in [0.1, 0.15) is 0 Å². The van der Waals surface area contributed by atoms with Crippen LogP contribution in [0, 0.1) is 6.92 Å². The molecule has 0 aromatic heterocycles. The monoisotopic (exact) mass is 509 g/mol. The van der Waals surface area contributed by atoms with Gasteiger partial charge in [-0.05, 0) is 69.4 Å². The fourth-order valence-corrected chi connectivity index (χ4v) is 5.44. The lowest BCUT2D eigenvalue weighted by Gasteiger charge is -2.39. The summed E-state index contributed by atoms with van der Waals surface area (Å²) in [7, 11) is 1.42. The molecule has 2 amide bonds. The predicted molar refractivity (Wildman–Crippen MR) is 145 cm³/mol. The molecule has 2 aromatic carbocycles. The topological polar surface area (TPSA) is 89.1 Å². The molecule has 0 saturated carbocycles. The van der Waals surface area contributed by atoms with Gasteiger partial charge >= 0.3 is 12.0 Å². The third-order valence-corrected chi connectivity index (χ3v) is 7.61. The van der Waals surface area contributed by atoms with E-state index in [9.17, 15) is 9.59 Å². The van der Waals surface area contributed by atoms with Gasteiger partial charge in [0.25, 0.3) is 0 Å². The van der Waals surface area contributed by atoms with Gasteiger partial charge in [-0.1, -0.05) is 23.8 Å². The first-order chi connectivity index (χ1) is 17.9. The number of carbonyl (C=O) groups is 2. The summed E-state index contributed by atoms with van der Waals surface area (Å²) < 4.78 is 16.3. The Hall–Kier alpha value is -3.10. The molecule has 0 unspecified atom stereocenters. The predicted octanol–water partition coefficient (Wildman–Crippen LogP) is 5.26. The SMILES string of the molecule is CCN(c1ccc(C2(CC(=O)OC)CCOCC2)cc1NC(=O)Nc1ccc(C)cc1)C1CCOCC1. The zero-order chi connectivity index (χ0) is 26.3. The quantitative estimate of drug-likeness (QED) is 0.472. The molecule has 2 heterocycles. The summed E-state index contributed by atoms with van der Waals surface area (Å²) in [4.78, 5) is 27.9. The van der Waals surface area contributed by atoms with Crippen LogP contribution in [0.25, 0.3) is 0 Å². The van der Waals surface area contributed by atoms with Gasteiger partial charge in [0.15, 0.2) is 0 Å². The largest absolute Gasteiger partial charge is 0.469 e. The highest BCUT2D eigenvalue weighted by molar-refractivity contribution is 6.02. The van der Waals surface area contributed by atoms with E-state index in [0.29, 0.717) is 32.1 Å².